The van der Waals surface area contributed by atoms with Gasteiger partial charge in [0.15, 0.2) is 9.90 Å². The molecular formula is C9H12N2O5S3. The minimum atomic E-state index is -3.77. The van der Waals surface area contributed by atoms with Gasteiger partial charge in [0.05, 0.1) is 12.6 Å². The summed E-state index contributed by atoms with van der Waals surface area (Å²) in [6.45, 7) is 0.376. The molecule has 1 aromatic heterocycles. The number of nitrogens with zero attached hydrogens (tertiary/aromatic N) is 2. The van der Waals surface area contributed by atoms with Crippen LogP contribution in [-0.2, 0) is 25.6 Å². The maximum absolute atomic E-state index is 12.4. The van der Waals surface area contributed by atoms with Crippen LogP contribution in [0, 0.1) is 0 Å². The Morgan fingerprint density at radius 3 is 2.68 bits per heavy atom. The number of carbonyl (C=O) groups excluding carboxylic acids is 1. The van der Waals surface area contributed by atoms with Gasteiger partial charge in [-0.25, -0.2) is 18.2 Å². The minimum absolute atomic E-state index is 0.118. The zero-order chi connectivity index (χ0) is 14.0. The molecule has 0 saturated carbocycles. The van der Waals surface area contributed by atoms with Crippen LogP contribution in [0.4, 0.5) is 0 Å². The third-order valence-electron chi connectivity index (χ3n) is 2.62. The van der Waals surface area contributed by atoms with Crippen molar-refractivity contribution in [1.82, 2.24) is 9.29 Å². The topological polar surface area (TPSA) is 93.6 Å². The van der Waals surface area contributed by atoms with Crippen molar-refractivity contribution >= 4 is 38.1 Å². The Hall–Kier alpha value is -0.840. The van der Waals surface area contributed by atoms with E-state index in [1.54, 1.807) is 0 Å². The SMILES string of the molecule is COC(=O)c1ncsc1S(=O)(=O)N1CCS(=O)CC1. The summed E-state index contributed by atoms with van der Waals surface area (Å²) in [6.07, 6.45) is 0. The highest BCUT2D eigenvalue weighted by molar-refractivity contribution is 7.91. The van der Waals surface area contributed by atoms with Crippen molar-refractivity contribution in [3.05, 3.63) is 11.2 Å². The van der Waals surface area contributed by atoms with Crippen LogP contribution in [0.1, 0.15) is 10.5 Å². The van der Waals surface area contributed by atoms with Crippen molar-refractivity contribution in [2.45, 2.75) is 4.21 Å². The number of esters is 1. The third-order valence-corrected chi connectivity index (χ3v) is 7.15. The Morgan fingerprint density at radius 1 is 1.47 bits per heavy atom. The summed E-state index contributed by atoms with van der Waals surface area (Å²) in [4.78, 5) is 15.2. The first-order valence-electron chi connectivity index (χ1n) is 5.33. The molecule has 0 aromatic carbocycles. The quantitative estimate of drug-likeness (QED) is 0.708. The number of rotatable bonds is 3. The van der Waals surface area contributed by atoms with Gasteiger partial charge >= 0.3 is 5.97 Å². The lowest BCUT2D eigenvalue weighted by atomic mass is 10.5. The summed E-state index contributed by atoms with van der Waals surface area (Å²) in [5.41, 5.74) is 1.10. The van der Waals surface area contributed by atoms with Crippen molar-refractivity contribution in [3.63, 3.8) is 0 Å². The Bertz CT molecular complexity index is 599. The molecule has 0 unspecified atom stereocenters. The molecule has 1 saturated heterocycles. The fourth-order valence-corrected chi connectivity index (χ4v) is 5.62. The molecule has 19 heavy (non-hydrogen) atoms. The van der Waals surface area contributed by atoms with Gasteiger partial charge in [0, 0.05) is 35.4 Å². The molecule has 0 N–H and O–H groups in total. The van der Waals surface area contributed by atoms with Crippen LogP contribution in [0.5, 0.6) is 0 Å². The predicted molar refractivity (Wildman–Crippen MR) is 70.1 cm³/mol. The number of hydrogen-bond donors (Lipinski definition) is 0. The average molecular weight is 324 g/mol. The molecule has 0 spiro atoms. The summed E-state index contributed by atoms with van der Waals surface area (Å²) in [5, 5.41) is 0. The molecule has 2 heterocycles. The standard InChI is InChI=1S/C9H12N2O5S3/c1-16-8(12)7-9(17-6-10-7)19(14,15)11-2-4-18(13)5-3-11/h6H,2-5H2,1H3. The molecule has 0 aliphatic carbocycles. The number of sulfonamides is 1. The summed E-state index contributed by atoms with van der Waals surface area (Å²) in [6, 6.07) is 0. The first-order valence-corrected chi connectivity index (χ1v) is 9.14. The fraction of sp³-hybridized carbons (Fsp3) is 0.556. The van der Waals surface area contributed by atoms with Crippen LogP contribution in [0.2, 0.25) is 0 Å². The highest BCUT2D eigenvalue weighted by atomic mass is 32.2. The van der Waals surface area contributed by atoms with Gasteiger partial charge in [0.25, 0.3) is 10.0 Å². The van der Waals surface area contributed by atoms with E-state index in [9.17, 15) is 17.4 Å². The van der Waals surface area contributed by atoms with Crippen LogP contribution < -0.4 is 0 Å². The van der Waals surface area contributed by atoms with Crippen molar-refractivity contribution < 1.29 is 22.2 Å². The van der Waals surface area contributed by atoms with Crippen molar-refractivity contribution in [2.24, 2.45) is 0 Å². The molecule has 1 aromatic rings. The van der Waals surface area contributed by atoms with Gasteiger partial charge in [-0.15, -0.1) is 11.3 Å². The maximum Gasteiger partial charge on any atom is 0.358 e. The summed E-state index contributed by atoms with van der Waals surface area (Å²) in [5.74, 6) is -0.155. The molecule has 1 fully saturated rings. The Morgan fingerprint density at radius 2 is 2.11 bits per heavy atom. The van der Waals surface area contributed by atoms with Gasteiger partial charge in [0.1, 0.15) is 0 Å². The normalized spacial score (nSPS) is 18.4. The number of hydrogen-bond acceptors (Lipinski definition) is 7. The second-order valence-electron chi connectivity index (χ2n) is 3.73. The molecule has 106 valence electrons. The Labute approximate surface area is 117 Å². The van der Waals surface area contributed by atoms with Gasteiger partial charge < -0.3 is 4.74 Å². The van der Waals surface area contributed by atoms with Crippen LogP contribution in [-0.4, -0.2) is 59.6 Å². The van der Waals surface area contributed by atoms with Crippen LogP contribution in [0.3, 0.4) is 0 Å². The molecule has 2 rings (SSSR count). The van der Waals surface area contributed by atoms with E-state index in [0.29, 0.717) is 11.5 Å². The van der Waals surface area contributed by atoms with Gasteiger partial charge in [-0.2, -0.15) is 4.31 Å². The molecule has 0 radical (unpaired) electrons. The van der Waals surface area contributed by atoms with E-state index in [2.05, 4.69) is 9.72 Å². The molecule has 0 bridgehead atoms. The number of aromatic nitrogens is 1. The highest BCUT2D eigenvalue weighted by Crippen LogP contribution is 2.25. The molecular weight excluding hydrogens is 312 g/mol. The molecule has 0 atom stereocenters. The van der Waals surface area contributed by atoms with Crippen molar-refractivity contribution in [2.75, 3.05) is 31.7 Å². The van der Waals surface area contributed by atoms with Crippen LogP contribution >= 0.6 is 11.3 Å². The van der Waals surface area contributed by atoms with E-state index in [-0.39, 0.29) is 23.0 Å². The molecule has 0 amide bonds. The van der Waals surface area contributed by atoms with E-state index in [1.807, 2.05) is 0 Å². The second-order valence-corrected chi connectivity index (χ2v) is 8.42. The van der Waals surface area contributed by atoms with Crippen LogP contribution in [0.15, 0.2) is 9.72 Å². The monoisotopic (exact) mass is 324 g/mol. The van der Waals surface area contributed by atoms with Crippen molar-refractivity contribution in [3.8, 4) is 0 Å². The Balaban J connectivity index is 2.32. The maximum atomic E-state index is 12.4. The lowest BCUT2D eigenvalue weighted by Crippen LogP contribution is -2.41. The molecule has 7 nitrogen and oxygen atoms in total. The molecule has 1 aliphatic heterocycles. The van der Waals surface area contributed by atoms with E-state index in [1.165, 1.54) is 16.9 Å². The average Bonchev–Trinajstić information content (AvgIpc) is 2.88. The van der Waals surface area contributed by atoms with Gasteiger partial charge in [0.2, 0.25) is 0 Å². The number of ether oxygens (including phenoxy) is 1. The first-order chi connectivity index (χ1) is 8.96. The van der Waals surface area contributed by atoms with E-state index in [0.717, 1.165) is 11.3 Å². The lowest BCUT2D eigenvalue weighted by Gasteiger charge is -2.24. The van der Waals surface area contributed by atoms with Crippen LogP contribution in [0.25, 0.3) is 0 Å². The van der Waals surface area contributed by atoms with Gasteiger partial charge in [-0.05, 0) is 0 Å². The minimum Gasteiger partial charge on any atom is -0.464 e. The van der Waals surface area contributed by atoms with E-state index >= 15 is 0 Å². The molecule has 1 aliphatic rings. The number of thiazole rings is 1. The number of methoxy groups -OCH3 is 1. The van der Waals surface area contributed by atoms with E-state index in [4.69, 9.17) is 0 Å². The summed E-state index contributed by atoms with van der Waals surface area (Å²) in [7, 11) is -3.57. The smallest absolute Gasteiger partial charge is 0.358 e. The molecule has 10 heteroatoms. The zero-order valence-electron chi connectivity index (χ0n) is 10.1. The zero-order valence-corrected chi connectivity index (χ0v) is 12.5. The predicted octanol–water partition coefficient (Wildman–Crippen LogP) is -0.317. The first kappa shape index (κ1) is 14.6. The lowest BCUT2D eigenvalue weighted by molar-refractivity contribution is 0.0590. The summed E-state index contributed by atoms with van der Waals surface area (Å²) < 4.78 is 41.6. The second kappa shape index (κ2) is 5.65. The van der Waals surface area contributed by atoms with Gasteiger partial charge in [-0.3, -0.25) is 4.21 Å². The Kier molecular flexibility index (Phi) is 4.33. The fourth-order valence-electron chi connectivity index (χ4n) is 1.63. The highest BCUT2D eigenvalue weighted by Gasteiger charge is 2.33. The van der Waals surface area contributed by atoms with E-state index < -0.39 is 26.8 Å². The van der Waals surface area contributed by atoms with Crippen molar-refractivity contribution in [1.29, 1.82) is 0 Å². The number of carbonyl (C=O) groups is 1. The summed E-state index contributed by atoms with van der Waals surface area (Å²) >= 11 is 0.877. The largest absolute Gasteiger partial charge is 0.464 e. The van der Waals surface area contributed by atoms with Gasteiger partial charge in [-0.1, -0.05) is 0 Å². The third kappa shape index (κ3) is 2.86.